The number of rotatable bonds is 17. The van der Waals surface area contributed by atoms with Crippen molar-refractivity contribution in [1.29, 1.82) is 0 Å². The van der Waals surface area contributed by atoms with Gasteiger partial charge in [0.1, 0.15) is 28.3 Å². The van der Waals surface area contributed by atoms with Gasteiger partial charge < -0.3 is 24.4 Å². The number of halogens is 4. The van der Waals surface area contributed by atoms with E-state index in [0.29, 0.717) is 51.7 Å². The summed E-state index contributed by atoms with van der Waals surface area (Å²) < 4.78 is 49.2. The van der Waals surface area contributed by atoms with Gasteiger partial charge in [0, 0.05) is 25.1 Å². The number of esters is 2. The Balaban J connectivity index is 0.00000532. The van der Waals surface area contributed by atoms with E-state index >= 15 is 0 Å². The van der Waals surface area contributed by atoms with Crippen LogP contribution in [0.15, 0.2) is 85.2 Å². The molecular weight excluding hydrogens is 767 g/mol. The van der Waals surface area contributed by atoms with Gasteiger partial charge >= 0.3 is 18.6 Å². The third-order valence-electron chi connectivity index (χ3n) is 10.5. The lowest BCUT2D eigenvalue weighted by molar-refractivity contribution is -0.377. The van der Waals surface area contributed by atoms with Gasteiger partial charge in [0.25, 0.3) is 0 Å². The molecule has 0 radical (unpaired) electrons. The Kier molecular flexibility index (Phi) is 14.2. The van der Waals surface area contributed by atoms with Crippen LogP contribution in [0.2, 0.25) is 10.0 Å². The lowest BCUT2D eigenvalue weighted by atomic mass is 9.86. The number of carbonyl (C=O) groups is 2. The molecular formula is C42H45Cl2F2N3O7. The van der Waals surface area contributed by atoms with Crippen molar-refractivity contribution in [3.8, 4) is 11.5 Å². The largest absolute Gasteiger partial charge is 0.870 e. The highest BCUT2D eigenvalue weighted by Gasteiger charge is 2.38. The SMILES string of the molecule is O=C(Cc1ccc(CNC(C(=O)O[C@H]2CN3CCC2CC3)c2ccccc2)cc1)O[C@@H](Cc1c(Cl)c[nH+]cc1Cl)c1ccc(OC(F)F)c(OCC2CC2)c1.[OH-]. The summed E-state index contributed by atoms with van der Waals surface area (Å²) in [5, 5.41) is 4.09. The van der Waals surface area contributed by atoms with Crippen LogP contribution in [0.25, 0.3) is 0 Å². The summed E-state index contributed by atoms with van der Waals surface area (Å²) in [6.45, 7) is 0.638. The number of hydrogen-bond donors (Lipinski definition) is 1. The number of nitrogens with one attached hydrogen (secondary N) is 2. The molecule has 1 aliphatic carbocycles. The molecule has 3 N–H and O–H groups in total. The zero-order valence-corrected chi connectivity index (χ0v) is 32.2. The smallest absolute Gasteiger partial charge is 0.387 e. The average Bonchev–Trinajstić information content (AvgIpc) is 4.02. The van der Waals surface area contributed by atoms with E-state index in [-0.39, 0.29) is 41.9 Å². The number of carbonyl (C=O) groups excluding carboxylic acids is 2. The van der Waals surface area contributed by atoms with Gasteiger partial charge in [-0.05, 0) is 85.0 Å². The maximum Gasteiger partial charge on any atom is 0.387 e. The van der Waals surface area contributed by atoms with Crippen molar-refractivity contribution >= 4 is 35.1 Å². The van der Waals surface area contributed by atoms with Crippen LogP contribution in [0.1, 0.15) is 65.6 Å². The van der Waals surface area contributed by atoms with Crippen LogP contribution in [0.4, 0.5) is 8.78 Å². The number of fused-ring (bicyclic) bond motifs is 3. The first-order valence-corrected chi connectivity index (χ1v) is 19.5. The van der Waals surface area contributed by atoms with Gasteiger partial charge in [-0.25, -0.2) is 9.78 Å². The highest BCUT2D eigenvalue weighted by molar-refractivity contribution is 6.35. The number of alkyl halides is 2. The molecule has 1 unspecified atom stereocenters. The van der Waals surface area contributed by atoms with Gasteiger partial charge in [0.15, 0.2) is 23.9 Å². The zero-order valence-electron chi connectivity index (χ0n) is 30.7. The Bertz CT molecular complexity index is 1910. The van der Waals surface area contributed by atoms with Crippen molar-refractivity contribution in [1.82, 2.24) is 10.2 Å². The van der Waals surface area contributed by atoms with E-state index in [1.165, 1.54) is 6.07 Å². The number of piperidine rings is 3. The number of pyridine rings is 1. The topological polar surface area (TPSA) is 130 Å². The van der Waals surface area contributed by atoms with Crippen LogP contribution in [-0.4, -0.2) is 61.3 Å². The minimum Gasteiger partial charge on any atom is -0.870 e. The molecule has 4 aromatic rings. The third-order valence-corrected chi connectivity index (χ3v) is 11.2. The predicted octanol–water partition coefficient (Wildman–Crippen LogP) is 7.56. The third kappa shape index (κ3) is 10.9. The molecule has 4 aliphatic rings. The van der Waals surface area contributed by atoms with Crippen molar-refractivity contribution in [2.24, 2.45) is 11.8 Å². The summed E-state index contributed by atoms with van der Waals surface area (Å²) in [4.78, 5) is 32.3. The Morgan fingerprint density at radius 1 is 0.875 bits per heavy atom. The fourth-order valence-corrected chi connectivity index (χ4v) is 7.75. The molecule has 3 aromatic carbocycles. The summed E-state index contributed by atoms with van der Waals surface area (Å²) in [5.41, 5.74) is 3.51. The summed E-state index contributed by atoms with van der Waals surface area (Å²) >= 11 is 13.0. The van der Waals surface area contributed by atoms with E-state index in [4.69, 9.17) is 42.1 Å². The quantitative estimate of drug-likeness (QED) is 0.107. The molecule has 3 atom stereocenters. The lowest BCUT2D eigenvalue weighted by Gasteiger charge is -2.44. The molecule has 3 saturated heterocycles. The number of nitrogens with zero attached hydrogens (tertiary/aromatic N) is 1. The molecule has 1 saturated carbocycles. The van der Waals surface area contributed by atoms with Crippen molar-refractivity contribution in [3.05, 3.63) is 123 Å². The van der Waals surface area contributed by atoms with Crippen molar-refractivity contribution < 1.29 is 47.8 Å². The zero-order chi connectivity index (χ0) is 38.3. The molecule has 0 amide bonds. The van der Waals surface area contributed by atoms with E-state index in [1.807, 2.05) is 54.6 Å². The van der Waals surface area contributed by atoms with E-state index < -0.39 is 24.7 Å². The second kappa shape index (κ2) is 19.2. The van der Waals surface area contributed by atoms with E-state index in [0.717, 1.165) is 56.4 Å². The summed E-state index contributed by atoms with van der Waals surface area (Å²) in [5.74, 6) is -0.00458. The number of aromatic nitrogens is 1. The van der Waals surface area contributed by atoms with E-state index in [1.54, 1.807) is 24.5 Å². The molecule has 298 valence electrons. The monoisotopic (exact) mass is 811 g/mol. The first kappa shape index (κ1) is 41.3. The maximum absolute atomic E-state index is 13.6. The van der Waals surface area contributed by atoms with Crippen LogP contribution in [0, 0.1) is 11.8 Å². The molecule has 0 spiro atoms. The Morgan fingerprint density at radius 2 is 1.57 bits per heavy atom. The Morgan fingerprint density at radius 3 is 2.21 bits per heavy atom. The minimum absolute atomic E-state index is 0. The first-order chi connectivity index (χ1) is 26.7. The highest BCUT2D eigenvalue weighted by Crippen LogP contribution is 2.38. The second-order valence-corrected chi connectivity index (χ2v) is 15.3. The molecule has 4 fully saturated rings. The first-order valence-electron chi connectivity index (χ1n) is 18.7. The molecule has 8 rings (SSSR count). The number of aromatic amines is 1. The van der Waals surface area contributed by atoms with E-state index in [9.17, 15) is 18.4 Å². The lowest BCUT2D eigenvalue weighted by Crippen LogP contribution is -2.52. The van der Waals surface area contributed by atoms with Crippen molar-refractivity contribution in [2.75, 3.05) is 26.2 Å². The second-order valence-electron chi connectivity index (χ2n) is 14.5. The Labute approximate surface area is 334 Å². The van der Waals surface area contributed by atoms with Crippen LogP contribution in [0.5, 0.6) is 11.5 Å². The number of ether oxygens (including phenoxy) is 4. The molecule has 56 heavy (non-hydrogen) atoms. The van der Waals surface area contributed by atoms with Crippen LogP contribution in [-0.2, 0) is 38.4 Å². The van der Waals surface area contributed by atoms with Crippen molar-refractivity contribution in [3.63, 3.8) is 0 Å². The molecule has 10 nitrogen and oxygen atoms in total. The number of benzene rings is 3. The minimum atomic E-state index is -3.04. The van der Waals surface area contributed by atoms with Crippen LogP contribution in [0.3, 0.4) is 0 Å². The number of hydrogen-bond acceptors (Lipinski definition) is 9. The molecule has 1 aromatic heterocycles. The fourth-order valence-electron chi connectivity index (χ4n) is 7.21. The average molecular weight is 813 g/mol. The van der Waals surface area contributed by atoms with Crippen molar-refractivity contribution in [2.45, 2.75) is 69.9 Å². The number of H-pyrrole nitrogens is 1. The fraction of sp³-hybridized carbons (Fsp3) is 0.405. The highest BCUT2D eigenvalue weighted by atomic mass is 35.5. The maximum atomic E-state index is 13.6. The van der Waals surface area contributed by atoms with Gasteiger partial charge in [-0.1, -0.05) is 83.9 Å². The Hall–Kier alpha value is -4.33. The van der Waals surface area contributed by atoms with Crippen LogP contribution < -0.4 is 19.8 Å². The molecule has 3 aliphatic heterocycles. The van der Waals surface area contributed by atoms with Gasteiger partial charge in [-0.3, -0.25) is 15.0 Å². The van der Waals surface area contributed by atoms with Gasteiger partial charge in [0.05, 0.1) is 13.0 Å². The molecule has 14 heteroatoms. The summed E-state index contributed by atoms with van der Waals surface area (Å²) in [7, 11) is 0. The molecule has 4 heterocycles. The van der Waals surface area contributed by atoms with Gasteiger partial charge in [-0.15, -0.1) is 0 Å². The van der Waals surface area contributed by atoms with Crippen LogP contribution >= 0.6 is 23.2 Å². The van der Waals surface area contributed by atoms with E-state index in [2.05, 4.69) is 15.2 Å². The molecule has 2 bridgehead atoms. The normalized spacial score (nSPS) is 19.8. The summed E-state index contributed by atoms with van der Waals surface area (Å²) in [6, 6.07) is 20.9. The standard InChI is InChI=1S/C42H43Cl2F2N3O6.H2O/c43-33-22-47-23-34(44)32(33)20-36(31-12-13-35(55-42(45)46)37(19-31)52-25-28-10-11-28)53-39(50)18-26-6-8-27(9-7-26)21-48-40(30-4-2-1-3-5-30)41(51)54-38-24-49-16-14-29(38)15-17-49;/h1-9,12-13,19,22-23,28-29,36,38,40,42,48H,10-11,14-18,20-21,24-25H2;1H2/t36-,38-,40?;/m0./s1. The van der Waals surface area contributed by atoms with Gasteiger partial charge in [0.2, 0.25) is 0 Å². The summed E-state index contributed by atoms with van der Waals surface area (Å²) in [6.07, 6.45) is 6.37. The van der Waals surface area contributed by atoms with Gasteiger partial charge in [-0.2, -0.15) is 8.78 Å². The predicted molar refractivity (Wildman–Crippen MR) is 204 cm³/mol.